The van der Waals surface area contributed by atoms with Gasteiger partial charge in [0, 0.05) is 11.3 Å². The molecule has 0 bridgehead atoms. The van der Waals surface area contributed by atoms with Crippen molar-refractivity contribution in [2.45, 2.75) is 19.9 Å². The molecule has 1 amide bonds. The van der Waals surface area contributed by atoms with E-state index in [1.165, 1.54) is 19.2 Å². The number of aryl methyl sites for hydroxylation is 1. The quantitative estimate of drug-likeness (QED) is 0.710. The molecule has 1 N–H and O–H groups in total. The van der Waals surface area contributed by atoms with Gasteiger partial charge in [-0.1, -0.05) is 24.3 Å². The van der Waals surface area contributed by atoms with E-state index in [0.717, 1.165) is 21.1 Å². The summed E-state index contributed by atoms with van der Waals surface area (Å²) in [5.41, 5.74) is 2.46. The van der Waals surface area contributed by atoms with Crippen LogP contribution in [0.4, 0.5) is 4.39 Å². The second-order valence-electron chi connectivity index (χ2n) is 5.80. The fourth-order valence-electron chi connectivity index (χ4n) is 2.60. The minimum atomic E-state index is -0.241. The van der Waals surface area contributed by atoms with Crippen molar-refractivity contribution in [3.05, 3.63) is 81.1 Å². The predicted molar refractivity (Wildman–Crippen MR) is 100 cm³/mol. The molecular weight excluding hydrogens is 351 g/mol. The lowest BCUT2D eigenvalue weighted by atomic mass is 10.1. The number of benzene rings is 2. The fraction of sp³-hybridized carbons (Fsp3) is 0.200. The second kappa shape index (κ2) is 8.10. The number of hydrogen-bond donors (Lipinski definition) is 1. The molecule has 3 aromatic rings. The third kappa shape index (κ3) is 4.26. The second-order valence-corrected chi connectivity index (χ2v) is 6.97. The highest BCUT2D eigenvalue weighted by Crippen LogP contribution is 2.22. The number of carbonyl (C=O) groups excluding carboxylic acids is 1. The van der Waals surface area contributed by atoms with E-state index in [2.05, 4.69) is 10.3 Å². The molecule has 3 rings (SSSR count). The smallest absolute Gasteiger partial charge is 0.255 e. The lowest BCUT2D eigenvalue weighted by Crippen LogP contribution is -2.23. The Morgan fingerprint density at radius 3 is 2.65 bits per heavy atom. The maximum absolute atomic E-state index is 13.0. The summed E-state index contributed by atoms with van der Waals surface area (Å²) in [4.78, 5) is 18.0. The number of rotatable bonds is 6. The zero-order chi connectivity index (χ0) is 18.5. The van der Waals surface area contributed by atoms with Gasteiger partial charge in [0.05, 0.1) is 24.9 Å². The van der Waals surface area contributed by atoms with Crippen LogP contribution in [-0.2, 0) is 13.0 Å². The molecule has 0 aliphatic rings. The molecule has 0 radical (unpaired) electrons. The van der Waals surface area contributed by atoms with Crippen LogP contribution in [0, 0.1) is 12.7 Å². The van der Waals surface area contributed by atoms with Crippen LogP contribution in [0.2, 0.25) is 0 Å². The molecule has 134 valence electrons. The number of carbonyl (C=O) groups is 1. The molecule has 26 heavy (non-hydrogen) atoms. The van der Waals surface area contributed by atoms with Crippen molar-refractivity contribution in [2.24, 2.45) is 0 Å². The van der Waals surface area contributed by atoms with E-state index in [-0.39, 0.29) is 11.7 Å². The van der Waals surface area contributed by atoms with E-state index >= 15 is 0 Å². The zero-order valence-corrected chi connectivity index (χ0v) is 15.4. The number of nitrogens with one attached hydrogen (secondary N) is 1. The van der Waals surface area contributed by atoms with E-state index < -0.39 is 0 Å². The van der Waals surface area contributed by atoms with Gasteiger partial charge in [-0.25, -0.2) is 9.37 Å². The summed E-state index contributed by atoms with van der Waals surface area (Å²) in [6.45, 7) is 2.30. The number of amides is 1. The minimum Gasteiger partial charge on any atom is -0.496 e. The van der Waals surface area contributed by atoms with Gasteiger partial charge < -0.3 is 10.1 Å². The van der Waals surface area contributed by atoms with Crippen molar-refractivity contribution in [3.63, 3.8) is 0 Å². The Morgan fingerprint density at radius 1 is 1.19 bits per heavy atom. The molecule has 6 heteroatoms. The standard InChI is InChI=1S/C20H19FN2O2S/c1-13-18(11-14-7-9-15(21)10-8-14)26-19(23-13)12-22-20(24)16-5-3-4-6-17(16)25-2/h3-10H,11-12H2,1-2H3,(H,22,24). The molecule has 4 nitrogen and oxygen atoms in total. The van der Waals surface area contributed by atoms with Crippen molar-refractivity contribution in [1.29, 1.82) is 0 Å². The molecule has 0 atom stereocenters. The zero-order valence-electron chi connectivity index (χ0n) is 14.6. The minimum absolute atomic E-state index is 0.199. The maximum atomic E-state index is 13.0. The van der Waals surface area contributed by atoms with Crippen molar-refractivity contribution >= 4 is 17.2 Å². The Labute approximate surface area is 155 Å². The third-order valence-electron chi connectivity index (χ3n) is 3.97. The van der Waals surface area contributed by atoms with Crippen LogP contribution in [0.15, 0.2) is 48.5 Å². The third-order valence-corrected chi connectivity index (χ3v) is 5.12. The van der Waals surface area contributed by atoms with E-state index in [4.69, 9.17) is 4.74 Å². The van der Waals surface area contributed by atoms with Crippen molar-refractivity contribution in [2.75, 3.05) is 7.11 Å². The van der Waals surface area contributed by atoms with Gasteiger partial charge in [0.25, 0.3) is 5.91 Å². The monoisotopic (exact) mass is 370 g/mol. The average Bonchev–Trinajstić information content (AvgIpc) is 3.01. The van der Waals surface area contributed by atoms with Crippen LogP contribution in [-0.4, -0.2) is 18.0 Å². The molecular formula is C20H19FN2O2S. The van der Waals surface area contributed by atoms with Crippen molar-refractivity contribution < 1.29 is 13.9 Å². The van der Waals surface area contributed by atoms with E-state index in [0.29, 0.717) is 24.3 Å². The van der Waals surface area contributed by atoms with Gasteiger partial charge >= 0.3 is 0 Å². The molecule has 1 aromatic heterocycles. The fourth-order valence-corrected chi connectivity index (χ4v) is 3.64. The van der Waals surface area contributed by atoms with Gasteiger partial charge in [-0.3, -0.25) is 4.79 Å². The number of methoxy groups -OCH3 is 1. The average molecular weight is 370 g/mol. The Balaban J connectivity index is 1.65. The first-order chi connectivity index (χ1) is 12.6. The van der Waals surface area contributed by atoms with Crippen LogP contribution in [0.25, 0.3) is 0 Å². The number of nitrogens with zero attached hydrogens (tertiary/aromatic N) is 1. The van der Waals surface area contributed by atoms with Crippen molar-refractivity contribution in [1.82, 2.24) is 10.3 Å². The highest BCUT2D eigenvalue weighted by Gasteiger charge is 2.13. The lowest BCUT2D eigenvalue weighted by molar-refractivity contribution is 0.0948. The molecule has 2 aromatic carbocycles. The Bertz CT molecular complexity index is 906. The highest BCUT2D eigenvalue weighted by atomic mass is 32.1. The SMILES string of the molecule is COc1ccccc1C(=O)NCc1nc(C)c(Cc2ccc(F)cc2)s1. The number of hydrogen-bond acceptors (Lipinski definition) is 4. The topological polar surface area (TPSA) is 51.2 Å². The van der Waals surface area contributed by atoms with Crippen LogP contribution in [0.3, 0.4) is 0 Å². The van der Waals surface area contributed by atoms with Gasteiger partial charge in [-0.15, -0.1) is 11.3 Å². The summed E-state index contributed by atoms with van der Waals surface area (Å²) in [6.07, 6.45) is 0.699. The van der Waals surface area contributed by atoms with Gasteiger partial charge in [0.1, 0.15) is 16.6 Å². The molecule has 0 fully saturated rings. The molecule has 0 saturated carbocycles. The summed E-state index contributed by atoms with van der Waals surface area (Å²) in [5.74, 6) is 0.0993. The number of halogens is 1. The summed E-state index contributed by atoms with van der Waals surface area (Å²) in [5, 5.41) is 3.72. The Kier molecular flexibility index (Phi) is 5.63. The predicted octanol–water partition coefficient (Wildman–Crippen LogP) is 4.12. The van der Waals surface area contributed by atoms with E-state index in [1.54, 1.807) is 41.7 Å². The van der Waals surface area contributed by atoms with Gasteiger partial charge in [-0.05, 0) is 36.8 Å². The molecule has 0 spiro atoms. The first-order valence-electron chi connectivity index (χ1n) is 8.17. The van der Waals surface area contributed by atoms with Crippen LogP contribution in [0.1, 0.15) is 31.5 Å². The summed E-state index contributed by atoms with van der Waals surface area (Å²) < 4.78 is 18.2. The Morgan fingerprint density at radius 2 is 1.92 bits per heavy atom. The number of ether oxygens (including phenoxy) is 1. The van der Waals surface area contributed by atoms with E-state index in [9.17, 15) is 9.18 Å². The number of para-hydroxylation sites is 1. The van der Waals surface area contributed by atoms with Gasteiger partial charge in [0.15, 0.2) is 0 Å². The first kappa shape index (κ1) is 18.1. The van der Waals surface area contributed by atoms with Gasteiger partial charge in [-0.2, -0.15) is 0 Å². The largest absolute Gasteiger partial charge is 0.496 e. The van der Waals surface area contributed by atoms with E-state index in [1.807, 2.05) is 13.0 Å². The molecule has 0 aliphatic carbocycles. The first-order valence-corrected chi connectivity index (χ1v) is 8.99. The summed E-state index contributed by atoms with van der Waals surface area (Å²) in [7, 11) is 1.54. The summed E-state index contributed by atoms with van der Waals surface area (Å²) in [6, 6.07) is 13.6. The summed E-state index contributed by atoms with van der Waals surface area (Å²) >= 11 is 1.55. The van der Waals surface area contributed by atoms with Crippen LogP contribution >= 0.6 is 11.3 Å². The number of thiazole rings is 1. The highest BCUT2D eigenvalue weighted by molar-refractivity contribution is 7.11. The maximum Gasteiger partial charge on any atom is 0.255 e. The molecule has 0 unspecified atom stereocenters. The Hall–Kier alpha value is -2.73. The normalized spacial score (nSPS) is 10.6. The molecule has 0 aliphatic heterocycles. The molecule has 1 heterocycles. The van der Waals surface area contributed by atoms with Gasteiger partial charge in [0.2, 0.25) is 0 Å². The van der Waals surface area contributed by atoms with Crippen molar-refractivity contribution in [3.8, 4) is 5.75 Å². The number of aromatic nitrogens is 1. The van der Waals surface area contributed by atoms with Crippen LogP contribution < -0.4 is 10.1 Å². The van der Waals surface area contributed by atoms with Crippen LogP contribution in [0.5, 0.6) is 5.75 Å². The lowest BCUT2D eigenvalue weighted by Gasteiger charge is -2.07. The molecule has 0 saturated heterocycles.